The lowest BCUT2D eigenvalue weighted by atomic mass is 10.1. The van der Waals surface area contributed by atoms with E-state index in [2.05, 4.69) is 36.4 Å². The van der Waals surface area contributed by atoms with Crippen molar-refractivity contribution in [1.29, 1.82) is 0 Å². The van der Waals surface area contributed by atoms with Crippen molar-refractivity contribution in [3.63, 3.8) is 0 Å². The number of benzene rings is 2. The van der Waals surface area contributed by atoms with Crippen LogP contribution in [0.25, 0.3) is 15.3 Å². The summed E-state index contributed by atoms with van der Waals surface area (Å²) in [5, 5.41) is 8.30. The average Bonchev–Trinajstić information content (AvgIpc) is 3.25. The number of thiazole rings is 1. The normalized spacial score (nSPS) is 11.2. The molecule has 5 nitrogen and oxygen atoms in total. The molecular formula is C22H22N4OS2. The zero-order chi connectivity index (χ0) is 20.5. The lowest BCUT2D eigenvalue weighted by Crippen LogP contribution is -2.17. The third kappa shape index (κ3) is 4.21. The Bertz CT molecular complexity index is 1150. The minimum absolute atomic E-state index is 0.0733. The summed E-state index contributed by atoms with van der Waals surface area (Å²) in [7, 11) is 0. The van der Waals surface area contributed by atoms with E-state index < -0.39 is 0 Å². The number of thioether (sulfide) groups is 1. The van der Waals surface area contributed by atoms with E-state index in [4.69, 9.17) is 4.98 Å². The predicted octanol–water partition coefficient (Wildman–Crippen LogP) is 5.31. The number of hydrogen-bond acceptors (Lipinski definition) is 5. The van der Waals surface area contributed by atoms with Gasteiger partial charge in [0.1, 0.15) is 5.82 Å². The molecule has 0 aliphatic rings. The van der Waals surface area contributed by atoms with Gasteiger partial charge in [-0.1, -0.05) is 23.5 Å². The molecule has 2 aromatic heterocycles. The fourth-order valence-corrected chi connectivity index (χ4v) is 4.53. The molecule has 4 aromatic rings. The fourth-order valence-electron chi connectivity index (χ4n) is 3.11. The van der Waals surface area contributed by atoms with Gasteiger partial charge in [0.2, 0.25) is 11.0 Å². The number of nitrogens with one attached hydrogen (secondary N) is 1. The molecular weight excluding hydrogens is 400 g/mol. The van der Waals surface area contributed by atoms with Crippen LogP contribution in [0.15, 0.2) is 47.4 Å². The van der Waals surface area contributed by atoms with Gasteiger partial charge in [0, 0.05) is 11.0 Å². The van der Waals surface area contributed by atoms with Crippen molar-refractivity contribution in [2.75, 3.05) is 11.6 Å². The third-order valence-corrected chi connectivity index (χ3v) is 6.53. The first-order valence-corrected chi connectivity index (χ1v) is 11.3. The molecule has 1 amide bonds. The van der Waals surface area contributed by atoms with Gasteiger partial charge in [0.25, 0.3) is 0 Å². The van der Waals surface area contributed by atoms with Crippen molar-refractivity contribution < 1.29 is 4.79 Å². The van der Waals surface area contributed by atoms with Gasteiger partial charge < -0.3 is 5.32 Å². The minimum Gasteiger partial charge on any atom is -0.310 e. The molecule has 0 spiro atoms. The molecule has 148 valence electrons. The fraction of sp³-hybridized carbons (Fsp3) is 0.227. The third-order valence-electron chi connectivity index (χ3n) is 4.80. The Hall–Kier alpha value is -2.64. The zero-order valence-corrected chi connectivity index (χ0v) is 18.4. The Morgan fingerprint density at radius 1 is 1.10 bits per heavy atom. The topological polar surface area (TPSA) is 59.8 Å². The number of aryl methyl sites for hydroxylation is 3. The van der Waals surface area contributed by atoms with Gasteiger partial charge in [-0.2, -0.15) is 9.78 Å². The summed E-state index contributed by atoms with van der Waals surface area (Å²) >= 11 is 3.26. The first-order valence-electron chi connectivity index (χ1n) is 9.30. The number of carbonyl (C=O) groups is 1. The van der Waals surface area contributed by atoms with Crippen LogP contribution >= 0.6 is 23.1 Å². The lowest BCUT2D eigenvalue weighted by Gasteiger charge is -2.07. The Balaban J connectivity index is 1.58. The second kappa shape index (κ2) is 8.00. The van der Waals surface area contributed by atoms with Crippen molar-refractivity contribution in [2.45, 2.75) is 32.1 Å². The van der Waals surface area contributed by atoms with E-state index in [-0.39, 0.29) is 5.91 Å². The average molecular weight is 423 g/mol. The molecule has 0 aliphatic heterocycles. The molecule has 0 saturated carbocycles. The molecule has 2 aromatic carbocycles. The maximum atomic E-state index is 12.6. The number of fused-ring (bicyclic) bond motifs is 1. The van der Waals surface area contributed by atoms with E-state index >= 15 is 0 Å². The van der Waals surface area contributed by atoms with Gasteiger partial charge >= 0.3 is 0 Å². The maximum Gasteiger partial charge on any atom is 0.229 e. The van der Waals surface area contributed by atoms with Crippen molar-refractivity contribution in [3.05, 3.63) is 64.8 Å². The van der Waals surface area contributed by atoms with Crippen molar-refractivity contribution in [1.82, 2.24) is 14.8 Å². The summed E-state index contributed by atoms with van der Waals surface area (Å²) in [4.78, 5) is 18.5. The number of anilines is 1. The highest BCUT2D eigenvalue weighted by Gasteiger charge is 2.15. The van der Waals surface area contributed by atoms with Crippen molar-refractivity contribution in [2.24, 2.45) is 0 Å². The highest BCUT2D eigenvalue weighted by Crippen LogP contribution is 2.29. The smallest absolute Gasteiger partial charge is 0.229 e. The van der Waals surface area contributed by atoms with Crippen LogP contribution in [0.1, 0.15) is 22.4 Å². The molecule has 0 unspecified atom stereocenters. The first kappa shape index (κ1) is 19.7. The summed E-state index contributed by atoms with van der Waals surface area (Å²) < 4.78 is 2.83. The van der Waals surface area contributed by atoms with Gasteiger partial charge in [-0.3, -0.25) is 4.79 Å². The van der Waals surface area contributed by atoms with Crippen LogP contribution in [0.5, 0.6) is 0 Å². The Morgan fingerprint density at radius 3 is 2.55 bits per heavy atom. The summed E-state index contributed by atoms with van der Waals surface area (Å²) in [6.45, 7) is 6.10. The summed E-state index contributed by atoms with van der Waals surface area (Å²) in [6.07, 6.45) is 2.35. The molecule has 1 N–H and O–H groups in total. The summed E-state index contributed by atoms with van der Waals surface area (Å²) in [5.74, 6) is 0.566. The summed E-state index contributed by atoms with van der Waals surface area (Å²) in [5.41, 5.74) is 5.22. The molecule has 0 radical (unpaired) electrons. The maximum absolute atomic E-state index is 12.6. The number of hydrogen-bond donors (Lipinski definition) is 1. The molecule has 7 heteroatoms. The second-order valence-electron chi connectivity index (χ2n) is 7.06. The number of carbonyl (C=O) groups excluding carboxylic acids is 1. The molecule has 0 bridgehead atoms. The molecule has 29 heavy (non-hydrogen) atoms. The monoisotopic (exact) mass is 422 g/mol. The summed E-state index contributed by atoms with van der Waals surface area (Å²) in [6, 6.07) is 14.2. The van der Waals surface area contributed by atoms with Crippen LogP contribution in [0.4, 0.5) is 5.82 Å². The SMILES string of the molecule is CSc1ccc(CC(=O)Nc2cc(C)nn2-c2nc3cc(C)c(C)cc3s2)cc1. The minimum atomic E-state index is -0.0733. The van der Waals surface area contributed by atoms with Crippen LogP contribution in [-0.4, -0.2) is 26.9 Å². The van der Waals surface area contributed by atoms with Gasteiger partial charge in [0.15, 0.2) is 0 Å². The van der Waals surface area contributed by atoms with E-state index in [1.165, 1.54) is 16.0 Å². The van der Waals surface area contributed by atoms with Crippen LogP contribution in [0, 0.1) is 20.8 Å². The quantitative estimate of drug-likeness (QED) is 0.443. The van der Waals surface area contributed by atoms with Gasteiger partial charge in [-0.15, -0.1) is 11.8 Å². The van der Waals surface area contributed by atoms with E-state index in [0.29, 0.717) is 12.2 Å². The molecule has 4 rings (SSSR count). The number of nitrogens with zero attached hydrogens (tertiary/aromatic N) is 3. The van der Waals surface area contributed by atoms with E-state index in [1.54, 1.807) is 27.8 Å². The highest BCUT2D eigenvalue weighted by atomic mass is 32.2. The highest BCUT2D eigenvalue weighted by molar-refractivity contribution is 7.98. The standard InChI is InChI=1S/C22H22N4OS2/c1-13-9-18-19(10-14(13)2)29-22(23-18)26-20(11-15(3)25-26)24-21(27)12-16-5-7-17(28-4)8-6-16/h5-11H,12H2,1-4H3,(H,24,27). The van der Waals surface area contributed by atoms with Crippen LogP contribution < -0.4 is 5.32 Å². The van der Waals surface area contributed by atoms with Crippen LogP contribution in [-0.2, 0) is 11.2 Å². The number of rotatable bonds is 5. The van der Waals surface area contributed by atoms with Crippen LogP contribution in [0.2, 0.25) is 0 Å². The van der Waals surface area contributed by atoms with Gasteiger partial charge in [-0.05, 0) is 68.0 Å². The van der Waals surface area contributed by atoms with Crippen LogP contribution in [0.3, 0.4) is 0 Å². The molecule has 0 saturated heterocycles. The van der Waals surface area contributed by atoms with Crippen molar-refractivity contribution >= 4 is 45.0 Å². The largest absolute Gasteiger partial charge is 0.310 e. The lowest BCUT2D eigenvalue weighted by molar-refractivity contribution is -0.115. The van der Waals surface area contributed by atoms with E-state index in [9.17, 15) is 4.79 Å². The predicted molar refractivity (Wildman–Crippen MR) is 122 cm³/mol. The molecule has 0 atom stereocenters. The number of aromatic nitrogens is 3. The molecule has 0 fully saturated rings. The van der Waals surface area contributed by atoms with E-state index in [1.807, 2.05) is 43.5 Å². The van der Waals surface area contributed by atoms with Crippen molar-refractivity contribution in [3.8, 4) is 5.13 Å². The molecule has 0 aliphatic carbocycles. The first-order chi connectivity index (χ1) is 13.9. The number of amides is 1. The Kier molecular flexibility index (Phi) is 5.43. The Morgan fingerprint density at radius 2 is 1.83 bits per heavy atom. The van der Waals surface area contributed by atoms with Gasteiger partial charge in [-0.25, -0.2) is 4.98 Å². The second-order valence-corrected chi connectivity index (χ2v) is 8.95. The van der Waals surface area contributed by atoms with E-state index in [0.717, 1.165) is 26.6 Å². The molecule has 2 heterocycles. The zero-order valence-electron chi connectivity index (χ0n) is 16.8. The van der Waals surface area contributed by atoms with Gasteiger partial charge in [0.05, 0.1) is 22.3 Å². The Labute approximate surface area is 178 Å².